The van der Waals surface area contributed by atoms with Crippen LogP contribution in [0.2, 0.25) is 10.0 Å². The molecule has 6 nitrogen and oxygen atoms in total. The third-order valence-corrected chi connectivity index (χ3v) is 4.46. The van der Waals surface area contributed by atoms with Crippen LogP contribution in [0.1, 0.15) is 11.1 Å². The van der Waals surface area contributed by atoms with Crippen LogP contribution in [0, 0.1) is 5.82 Å². The molecule has 0 unspecified atom stereocenters. The second-order valence-electron chi connectivity index (χ2n) is 6.27. The number of rotatable bonds is 6. The topological polar surface area (TPSA) is 79.8 Å². The molecule has 0 fully saturated rings. The number of hydrogen-bond donors (Lipinski definition) is 2. The molecule has 0 heterocycles. The number of ether oxygens (including phenoxy) is 1. The lowest BCUT2D eigenvalue weighted by molar-refractivity contribution is -0.136. The van der Waals surface area contributed by atoms with Gasteiger partial charge in [0.15, 0.2) is 0 Å². The quantitative estimate of drug-likeness (QED) is 0.315. The van der Waals surface area contributed by atoms with E-state index in [4.69, 9.17) is 27.9 Å². The molecule has 0 atom stereocenters. The van der Waals surface area contributed by atoms with Crippen LogP contribution in [0.25, 0.3) is 0 Å². The lowest BCUT2D eigenvalue weighted by Crippen LogP contribution is -2.32. The monoisotopic (exact) mass is 459 g/mol. The minimum atomic E-state index is -0.988. The number of hydrazone groups is 1. The fourth-order valence-electron chi connectivity index (χ4n) is 2.42. The van der Waals surface area contributed by atoms with Gasteiger partial charge >= 0.3 is 11.8 Å². The van der Waals surface area contributed by atoms with Crippen molar-refractivity contribution in [2.75, 3.05) is 5.32 Å². The maximum Gasteiger partial charge on any atom is 0.329 e. The van der Waals surface area contributed by atoms with Gasteiger partial charge in [0.05, 0.1) is 11.2 Å². The number of carbonyl (C=O) groups excluding carboxylic acids is 2. The maximum absolute atomic E-state index is 13.1. The molecule has 3 rings (SSSR count). The Morgan fingerprint density at radius 2 is 1.77 bits per heavy atom. The number of halogens is 3. The van der Waals surface area contributed by atoms with Gasteiger partial charge in [-0.2, -0.15) is 5.10 Å². The van der Waals surface area contributed by atoms with Crippen LogP contribution < -0.4 is 15.5 Å². The lowest BCUT2D eigenvalue weighted by atomic mass is 10.2. The first kappa shape index (κ1) is 22.3. The summed E-state index contributed by atoms with van der Waals surface area (Å²) < 4.78 is 18.8. The minimum absolute atomic E-state index is 0.170. The maximum atomic E-state index is 13.1. The molecule has 3 aromatic carbocycles. The first-order valence-corrected chi connectivity index (χ1v) is 9.73. The van der Waals surface area contributed by atoms with Gasteiger partial charge in [-0.15, -0.1) is 0 Å². The Hall–Kier alpha value is -3.42. The largest absolute Gasteiger partial charge is 0.489 e. The van der Waals surface area contributed by atoms with Gasteiger partial charge < -0.3 is 10.1 Å². The summed E-state index contributed by atoms with van der Waals surface area (Å²) in [7, 11) is 0. The summed E-state index contributed by atoms with van der Waals surface area (Å²) >= 11 is 11.6. The molecular weight excluding hydrogens is 444 g/mol. The highest BCUT2D eigenvalue weighted by atomic mass is 35.5. The van der Waals surface area contributed by atoms with Crippen molar-refractivity contribution in [1.29, 1.82) is 0 Å². The Bertz CT molecular complexity index is 1120. The lowest BCUT2D eigenvalue weighted by Gasteiger charge is -2.07. The minimum Gasteiger partial charge on any atom is -0.489 e. The van der Waals surface area contributed by atoms with E-state index in [0.717, 1.165) is 11.6 Å². The molecular formula is C22H16Cl2FN3O3. The van der Waals surface area contributed by atoms with Crippen molar-refractivity contribution < 1.29 is 18.7 Å². The van der Waals surface area contributed by atoms with E-state index in [1.807, 2.05) is 18.2 Å². The van der Waals surface area contributed by atoms with Crippen molar-refractivity contribution in [3.05, 3.63) is 93.7 Å². The van der Waals surface area contributed by atoms with Gasteiger partial charge in [-0.25, -0.2) is 9.82 Å². The summed E-state index contributed by atoms with van der Waals surface area (Å²) in [6, 6.07) is 17.9. The number of nitrogens with one attached hydrogen (secondary N) is 2. The van der Waals surface area contributed by atoms with Crippen LogP contribution in [0.5, 0.6) is 5.75 Å². The number of nitrogens with zero attached hydrogens (tertiary/aromatic N) is 1. The fraction of sp³-hybridized carbons (Fsp3) is 0.0455. The first-order valence-electron chi connectivity index (χ1n) is 8.97. The van der Waals surface area contributed by atoms with Gasteiger partial charge in [0, 0.05) is 10.7 Å². The van der Waals surface area contributed by atoms with Crippen LogP contribution in [0.4, 0.5) is 10.1 Å². The van der Waals surface area contributed by atoms with Gasteiger partial charge in [0.2, 0.25) is 0 Å². The highest BCUT2D eigenvalue weighted by Gasteiger charge is 2.13. The molecule has 3 aromatic rings. The number of hydrogen-bond acceptors (Lipinski definition) is 4. The second kappa shape index (κ2) is 10.6. The Kier molecular flexibility index (Phi) is 7.59. The second-order valence-corrected chi connectivity index (χ2v) is 7.11. The normalized spacial score (nSPS) is 10.7. The third kappa shape index (κ3) is 6.80. The molecule has 2 amide bonds. The zero-order valence-electron chi connectivity index (χ0n) is 15.9. The Labute approximate surface area is 187 Å². The number of carbonyl (C=O) groups is 2. The van der Waals surface area contributed by atoms with Crippen LogP contribution in [-0.2, 0) is 16.2 Å². The summed E-state index contributed by atoms with van der Waals surface area (Å²) in [6.07, 6.45) is 1.38. The van der Waals surface area contributed by atoms with Gasteiger partial charge in [-0.3, -0.25) is 9.59 Å². The molecule has 0 radical (unpaired) electrons. The molecule has 31 heavy (non-hydrogen) atoms. The molecule has 0 saturated heterocycles. The number of amides is 2. The van der Waals surface area contributed by atoms with Crippen molar-refractivity contribution >= 4 is 46.9 Å². The zero-order chi connectivity index (χ0) is 22.2. The summed E-state index contributed by atoms with van der Waals surface area (Å²) in [5.74, 6) is -1.93. The molecule has 0 aromatic heterocycles. The van der Waals surface area contributed by atoms with Gasteiger partial charge in [0.1, 0.15) is 18.2 Å². The predicted molar refractivity (Wildman–Crippen MR) is 118 cm³/mol. The Morgan fingerprint density at radius 1 is 1.00 bits per heavy atom. The summed E-state index contributed by atoms with van der Waals surface area (Å²) in [5, 5.41) is 6.51. The van der Waals surface area contributed by atoms with E-state index in [0.29, 0.717) is 22.9 Å². The highest BCUT2D eigenvalue weighted by molar-refractivity contribution is 6.39. The van der Waals surface area contributed by atoms with Crippen LogP contribution in [0.3, 0.4) is 0 Å². The van der Waals surface area contributed by atoms with E-state index in [1.165, 1.54) is 18.3 Å². The average molecular weight is 460 g/mol. The van der Waals surface area contributed by atoms with E-state index in [9.17, 15) is 14.0 Å². The first-order chi connectivity index (χ1) is 14.9. The fourth-order valence-corrected chi connectivity index (χ4v) is 2.81. The highest BCUT2D eigenvalue weighted by Crippen LogP contribution is 2.19. The number of anilines is 1. The molecule has 9 heteroatoms. The summed E-state index contributed by atoms with van der Waals surface area (Å²) in [5.41, 5.74) is 3.92. The molecule has 0 saturated carbocycles. The number of benzene rings is 3. The van der Waals surface area contributed by atoms with Crippen molar-refractivity contribution in [1.82, 2.24) is 5.43 Å². The molecule has 0 aliphatic rings. The van der Waals surface area contributed by atoms with E-state index in [1.54, 1.807) is 30.3 Å². The van der Waals surface area contributed by atoms with Crippen LogP contribution in [-0.4, -0.2) is 18.0 Å². The molecule has 2 N–H and O–H groups in total. The molecule has 0 aliphatic heterocycles. The third-order valence-electron chi connectivity index (χ3n) is 3.94. The van der Waals surface area contributed by atoms with Crippen molar-refractivity contribution in [2.45, 2.75) is 6.61 Å². The van der Waals surface area contributed by atoms with E-state index < -0.39 is 17.6 Å². The van der Waals surface area contributed by atoms with E-state index in [-0.39, 0.29) is 10.7 Å². The summed E-state index contributed by atoms with van der Waals surface area (Å²) in [4.78, 5) is 23.7. The predicted octanol–water partition coefficient (Wildman–Crippen LogP) is 4.80. The van der Waals surface area contributed by atoms with Crippen molar-refractivity contribution in [2.24, 2.45) is 5.10 Å². The van der Waals surface area contributed by atoms with Gasteiger partial charge in [0.25, 0.3) is 0 Å². The van der Waals surface area contributed by atoms with Crippen LogP contribution in [0.15, 0.2) is 71.8 Å². The molecule has 0 spiro atoms. The van der Waals surface area contributed by atoms with E-state index >= 15 is 0 Å². The van der Waals surface area contributed by atoms with E-state index in [2.05, 4.69) is 15.8 Å². The Morgan fingerprint density at radius 3 is 2.48 bits per heavy atom. The summed E-state index contributed by atoms with van der Waals surface area (Å²) in [6.45, 7) is 0.373. The average Bonchev–Trinajstić information content (AvgIpc) is 2.75. The van der Waals surface area contributed by atoms with Gasteiger partial charge in [-0.05, 0) is 65.7 Å². The van der Waals surface area contributed by atoms with Crippen molar-refractivity contribution in [3.63, 3.8) is 0 Å². The Balaban J connectivity index is 1.48. The molecule has 0 aliphatic carbocycles. The smallest absolute Gasteiger partial charge is 0.329 e. The standard InChI is InChI=1S/C22H16Cl2FN3O3/c23-16-3-1-2-15(10-16)13-31-18-7-4-14(5-8-18)12-26-28-22(30)21(29)27-17-6-9-20(25)19(24)11-17/h1-12H,13H2,(H,27,29)(H,28,30)/b26-12+. The molecule has 0 bridgehead atoms. The van der Waals surface area contributed by atoms with Crippen molar-refractivity contribution in [3.8, 4) is 5.75 Å². The SMILES string of the molecule is O=C(N/N=C/c1ccc(OCc2cccc(Cl)c2)cc1)C(=O)Nc1ccc(F)c(Cl)c1. The zero-order valence-corrected chi connectivity index (χ0v) is 17.5. The van der Waals surface area contributed by atoms with Crippen LogP contribution >= 0.6 is 23.2 Å². The van der Waals surface area contributed by atoms with Gasteiger partial charge in [-0.1, -0.05) is 35.3 Å². The molecule has 158 valence electrons.